The van der Waals surface area contributed by atoms with Gasteiger partial charge in [-0.15, -0.1) is 0 Å². The first-order valence-corrected chi connectivity index (χ1v) is 6.77. The number of rotatable bonds is 3. The molecule has 1 fully saturated rings. The number of nitriles is 1. The highest BCUT2D eigenvalue weighted by molar-refractivity contribution is 5.43. The molecule has 0 saturated carbocycles. The Morgan fingerprint density at radius 1 is 1.45 bits per heavy atom. The fourth-order valence-corrected chi connectivity index (χ4v) is 2.54. The molecule has 1 aromatic carbocycles. The van der Waals surface area contributed by atoms with Crippen LogP contribution in [0.4, 0.5) is 0 Å². The Morgan fingerprint density at radius 3 is 2.80 bits per heavy atom. The Balaban J connectivity index is 2.22. The van der Waals surface area contributed by atoms with Crippen molar-refractivity contribution in [3.05, 3.63) is 23.8 Å². The topological polar surface area (TPSA) is 59.7 Å². The van der Waals surface area contributed by atoms with Gasteiger partial charge in [-0.25, -0.2) is 0 Å². The van der Waals surface area contributed by atoms with Crippen LogP contribution in [0.5, 0.6) is 11.5 Å². The highest BCUT2D eigenvalue weighted by Gasteiger charge is 2.27. The summed E-state index contributed by atoms with van der Waals surface area (Å²) in [6.07, 6.45) is 0. The minimum absolute atomic E-state index is 0.0969. The van der Waals surface area contributed by atoms with Crippen LogP contribution < -0.4 is 4.74 Å². The van der Waals surface area contributed by atoms with Crippen molar-refractivity contribution in [2.45, 2.75) is 19.0 Å². The molecular weight excluding hydrogens is 254 g/mol. The highest BCUT2D eigenvalue weighted by Crippen LogP contribution is 2.31. The lowest BCUT2D eigenvalue weighted by Gasteiger charge is -2.39. The molecule has 0 aliphatic carbocycles. The molecule has 1 heterocycles. The first kappa shape index (κ1) is 14.6. The highest BCUT2D eigenvalue weighted by atomic mass is 16.5. The van der Waals surface area contributed by atoms with E-state index in [4.69, 9.17) is 4.74 Å². The summed E-state index contributed by atoms with van der Waals surface area (Å²) < 4.78 is 5.12. The normalized spacial score (nSPS) is 22.2. The van der Waals surface area contributed by atoms with E-state index in [0.717, 1.165) is 25.2 Å². The monoisotopic (exact) mass is 275 g/mol. The van der Waals surface area contributed by atoms with Gasteiger partial charge in [-0.3, -0.25) is 4.90 Å². The van der Waals surface area contributed by atoms with E-state index in [0.29, 0.717) is 11.8 Å². The lowest BCUT2D eigenvalue weighted by molar-refractivity contribution is 0.0880. The van der Waals surface area contributed by atoms with E-state index in [1.165, 1.54) is 7.11 Å². The molecule has 20 heavy (non-hydrogen) atoms. The predicted octanol–water partition coefficient (Wildman–Crippen LogP) is 1.60. The average Bonchev–Trinajstić information content (AvgIpc) is 2.45. The van der Waals surface area contributed by atoms with E-state index >= 15 is 0 Å². The van der Waals surface area contributed by atoms with Crippen LogP contribution >= 0.6 is 0 Å². The first-order chi connectivity index (χ1) is 9.56. The Morgan fingerprint density at radius 2 is 2.20 bits per heavy atom. The van der Waals surface area contributed by atoms with Gasteiger partial charge in [-0.2, -0.15) is 5.26 Å². The number of phenols is 1. The van der Waals surface area contributed by atoms with Crippen LogP contribution in [0.25, 0.3) is 0 Å². The van der Waals surface area contributed by atoms with Gasteiger partial charge in [0.2, 0.25) is 0 Å². The third-order valence-corrected chi connectivity index (χ3v) is 4.00. The summed E-state index contributed by atoms with van der Waals surface area (Å²) in [5.41, 5.74) is 0.860. The lowest BCUT2D eigenvalue weighted by Crippen LogP contribution is -2.50. The Labute approximate surface area is 120 Å². The number of nitrogens with zero attached hydrogens (tertiary/aromatic N) is 3. The van der Waals surface area contributed by atoms with Crippen molar-refractivity contribution in [3.63, 3.8) is 0 Å². The lowest BCUT2D eigenvalue weighted by atomic mass is 10.0. The smallest absolute Gasteiger partial charge is 0.160 e. The minimum Gasteiger partial charge on any atom is -0.504 e. The molecule has 1 aliphatic heterocycles. The van der Waals surface area contributed by atoms with Gasteiger partial charge in [0.05, 0.1) is 13.2 Å². The molecule has 1 saturated heterocycles. The number of hydrogen-bond donors (Lipinski definition) is 1. The molecule has 1 aliphatic rings. The third-order valence-electron chi connectivity index (χ3n) is 4.00. The first-order valence-electron chi connectivity index (χ1n) is 6.77. The summed E-state index contributed by atoms with van der Waals surface area (Å²) in [5.74, 6) is 0.504. The molecular formula is C15H21N3O2. The summed E-state index contributed by atoms with van der Waals surface area (Å²) in [6, 6.07) is 7.60. The van der Waals surface area contributed by atoms with Crippen molar-refractivity contribution in [2.24, 2.45) is 0 Å². The molecule has 0 radical (unpaired) electrons. The maximum Gasteiger partial charge on any atom is 0.160 e. The van der Waals surface area contributed by atoms with Gasteiger partial charge in [0.15, 0.2) is 11.5 Å². The largest absolute Gasteiger partial charge is 0.504 e. The fraction of sp³-hybridized carbons (Fsp3) is 0.533. The number of hydrogen-bond acceptors (Lipinski definition) is 5. The Kier molecular flexibility index (Phi) is 4.48. The Bertz CT molecular complexity index is 512. The number of ether oxygens (including phenoxy) is 1. The molecule has 0 bridgehead atoms. The number of benzene rings is 1. The van der Waals surface area contributed by atoms with Gasteiger partial charge >= 0.3 is 0 Å². The molecule has 5 heteroatoms. The van der Waals surface area contributed by atoms with E-state index in [9.17, 15) is 10.4 Å². The van der Waals surface area contributed by atoms with Gasteiger partial charge in [-0.1, -0.05) is 6.07 Å². The average molecular weight is 275 g/mol. The van der Waals surface area contributed by atoms with Crippen LogP contribution in [0.3, 0.4) is 0 Å². The molecule has 0 spiro atoms. The van der Waals surface area contributed by atoms with Crippen LogP contribution in [-0.2, 0) is 0 Å². The van der Waals surface area contributed by atoms with Crippen molar-refractivity contribution in [2.75, 3.05) is 33.8 Å². The molecule has 2 atom stereocenters. The zero-order valence-corrected chi connectivity index (χ0v) is 12.2. The zero-order valence-electron chi connectivity index (χ0n) is 12.2. The SMILES string of the molecule is COc1cc(C(C#N)N2CCN(C)C(C)C2)ccc1O. The van der Waals surface area contributed by atoms with Gasteiger partial charge in [0, 0.05) is 25.7 Å². The molecule has 108 valence electrons. The molecule has 5 nitrogen and oxygen atoms in total. The molecule has 0 aromatic heterocycles. The second-order valence-electron chi connectivity index (χ2n) is 5.29. The van der Waals surface area contributed by atoms with Crippen molar-refractivity contribution in [1.82, 2.24) is 9.80 Å². The standard InChI is InChI=1S/C15H21N3O2/c1-11-10-18(7-6-17(11)2)13(9-16)12-4-5-14(19)15(8-12)20-3/h4-5,8,11,13,19H,6-7,10H2,1-3H3. The number of phenolic OH excluding ortho intramolecular Hbond substituents is 1. The summed E-state index contributed by atoms with van der Waals surface area (Å²) in [6.45, 7) is 4.84. The molecule has 1 aromatic rings. The number of likely N-dealkylation sites (N-methyl/N-ethyl adjacent to an activating group) is 1. The van der Waals surface area contributed by atoms with Gasteiger partial charge in [0.25, 0.3) is 0 Å². The van der Waals surface area contributed by atoms with Crippen LogP contribution in [0.1, 0.15) is 18.5 Å². The van der Waals surface area contributed by atoms with Crippen molar-refractivity contribution < 1.29 is 9.84 Å². The summed E-state index contributed by atoms with van der Waals surface area (Å²) >= 11 is 0. The van der Waals surface area contributed by atoms with Crippen molar-refractivity contribution in [1.29, 1.82) is 5.26 Å². The summed E-state index contributed by atoms with van der Waals surface area (Å²) in [7, 11) is 3.62. The fourth-order valence-electron chi connectivity index (χ4n) is 2.54. The number of piperazine rings is 1. The number of aromatic hydroxyl groups is 1. The summed E-state index contributed by atoms with van der Waals surface area (Å²) in [4.78, 5) is 4.47. The van der Waals surface area contributed by atoms with Crippen LogP contribution in [0.2, 0.25) is 0 Å². The third kappa shape index (κ3) is 2.87. The zero-order chi connectivity index (χ0) is 14.7. The Hall–Kier alpha value is -1.77. The van der Waals surface area contributed by atoms with Crippen LogP contribution in [-0.4, -0.2) is 54.7 Å². The van der Waals surface area contributed by atoms with Crippen molar-refractivity contribution >= 4 is 0 Å². The van der Waals surface area contributed by atoms with E-state index in [2.05, 4.69) is 29.8 Å². The van der Waals surface area contributed by atoms with Gasteiger partial charge in [-0.05, 0) is 31.7 Å². The summed E-state index contributed by atoms with van der Waals surface area (Å²) in [5, 5.41) is 19.2. The van der Waals surface area contributed by atoms with Gasteiger partial charge in [0.1, 0.15) is 6.04 Å². The minimum atomic E-state index is -0.305. The maximum absolute atomic E-state index is 9.65. The molecule has 0 amide bonds. The quantitative estimate of drug-likeness (QED) is 0.908. The van der Waals surface area contributed by atoms with Gasteiger partial charge < -0.3 is 14.7 Å². The predicted molar refractivity (Wildman–Crippen MR) is 76.7 cm³/mol. The van der Waals surface area contributed by atoms with E-state index in [-0.39, 0.29) is 11.8 Å². The number of methoxy groups -OCH3 is 1. The second kappa shape index (κ2) is 6.12. The molecule has 2 rings (SSSR count). The molecule has 2 unspecified atom stereocenters. The molecule has 1 N–H and O–H groups in total. The van der Waals surface area contributed by atoms with E-state index < -0.39 is 0 Å². The van der Waals surface area contributed by atoms with E-state index in [1.807, 2.05) is 0 Å². The van der Waals surface area contributed by atoms with E-state index in [1.54, 1.807) is 18.2 Å². The van der Waals surface area contributed by atoms with Crippen molar-refractivity contribution in [3.8, 4) is 17.6 Å². The van der Waals surface area contributed by atoms with Crippen LogP contribution in [0.15, 0.2) is 18.2 Å². The van der Waals surface area contributed by atoms with Crippen LogP contribution in [0, 0.1) is 11.3 Å². The second-order valence-corrected chi connectivity index (χ2v) is 5.29. The maximum atomic E-state index is 9.65.